The molecule has 0 atom stereocenters. The van der Waals surface area contributed by atoms with Crippen LogP contribution in [0.3, 0.4) is 0 Å². The van der Waals surface area contributed by atoms with Crippen LogP contribution in [0.4, 0.5) is 22.4 Å². The highest BCUT2D eigenvalue weighted by molar-refractivity contribution is 5.57. The molecule has 14 heavy (non-hydrogen) atoms. The second-order valence-electron chi connectivity index (χ2n) is 0.987. The number of halogens is 4. The predicted molar refractivity (Wildman–Crippen MR) is 52.4 cm³/mol. The molecule has 0 radical (unpaired) electrons. The summed E-state index contributed by atoms with van der Waals surface area (Å²) in [5.41, 5.74) is 0. The van der Waals surface area contributed by atoms with Crippen LogP contribution in [0.5, 0.6) is 0 Å². The Morgan fingerprint density at radius 1 is 1.21 bits per heavy atom. The van der Waals surface area contributed by atoms with Gasteiger partial charge in [-0.3, -0.25) is 0 Å². The van der Waals surface area contributed by atoms with Gasteiger partial charge in [-0.2, -0.15) is 0 Å². The van der Waals surface area contributed by atoms with Crippen molar-refractivity contribution in [1.29, 1.82) is 0 Å². The second kappa shape index (κ2) is 29.5. The molecule has 0 aliphatic heterocycles. The highest BCUT2D eigenvalue weighted by atomic mass is 19.3. The van der Waals surface area contributed by atoms with Crippen molar-refractivity contribution in [3.63, 3.8) is 0 Å². The van der Waals surface area contributed by atoms with E-state index in [9.17, 15) is 17.6 Å². The van der Waals surface area contributed by atoms with Gasteiger partial charge in [-0.1, -0.05) is 29.7 Å². The molecule has 0 amide bonds. The Labute approximate surface area is 84.3 Å². The van der Waals surface area contributed by atoms with Crippen molar-refractivity contribution in [2.45, 2.75) is 36.1 Å². The zero-order valence-electron chi connectivity index (χ0n) is 5.11. The molecule has 2 nitrogen and oxygen atoms in total. The fourth-order valence-corrected chi connectivity index (χ4v) is 0. The van der Waals surface area contributed by atoms with Crippen molar-refractivity contribution in [3.8, 4) is 0 Å². The van der Waals surface area contributed by atoms with E-state index in [0.29, 0.717) is 0 Å². The van der Waals surface area contributed by atoms with Gasteiger partial charge in [0.05, 0.1) is 7.11 Å². The molecule has 0 heterocycles. The smallest absolute Gasteiger partial charge is 0.444 e. The van der Waals surface area contributed by atoms with Crippen LogP contribution < -0.4 is 0 Å². The first-order valence-electron chi connectivity index (χ1n) is 2.12. The lowest BCUT2D eigenvalue weighted by atomic mass is 10.8. The first-order valence-corrected chi connectivity index (χ1v) is 2.12. The lowest BCUT2D eigenvalue weighted by Gasteiger charge is -1.78. The van der Waals surface area contributed by atoms with Crippen LogP contribution in [0.1, 0.15) is 29.7 Å². The van der Waals surface area contributed by atoms with E-state index in [2.05, 4.69) is 4.74 Å². The summed E-state index contributed by atoms with van der Waals surface area (Å²) in [4.78, 5) is 8.92. The molecule has 0 aromatic heterocycles. The van der Waals surface area contributed by atoms with Gasteiger partial charge < -0.3 is 4.74 Å². The maximum Gasteiger partial charge on any atom is 0.495 e. The van der Waals surface area contributed by atoms with E-state index in [1.165, 1.54) is 0 Å². The van der Waals surface area contributed by atoms with Crippen LogP contribution in [0.25, 0.3) is 0 Å². The predicted octanol–water partition coefficient (Wildman–Crippen LogP) is 4.49. The van der Waals surface area contributed by atoms with E-state index in [1.807, 2.05) is 0 Å². The van der Waals surface area contributed by atoms with E-state index < -0.39 is 19.3 Å². The van der Waals surface area contributed by atoms with Crippen molar-refractivity contribution in [1.82, 2.24) is 0 Å². The van der Waals surface area contributed by atoms with Gasteiger partial charge in [0.25, 0.3) is 6.43 Å². The van der Waals surface area contributed by atoms with E-state index in [4.69, 9.17) is 4.79 Å². The van der Waals surface area contributed by atoms with E-state index in [0.717, 1.165) is 7.11 Å². The number of rotatable bonds is 1. The Kier molecular flexibility index (Phi) is 80.0. The van der Waals surface area contributed by atoms with Gasteiger partial charge in [-0.05, 0) is 0 Å². The average Bonchev–Trinajstić information content (AvgIpc) is 1.89. The number of methoxy groups -OCH3 is 1. The highest BCUT2D eigenvalue weighted by Gasteiger charge is 1.95. The summed E-state index contributed by atoms with van der Waals surface area (Å²) in [6.07, 6.45) is -4.53. The normalized spacial score (nSPS) is 5.86. The molecule has 94 valence electrons. The van der Waals surface area contributed by atoms with Gasteiger partial charge in [0, 0.05) is 0 Å². The molecule has 0 aliphatic carbocycles. The molecule has 0 spiro atoms. The topological polar surface area (TPSA) is 26.3 Å². The van der Waals surface area contributed by atoms with Gasteiger partial charge in [-0.25, -0.2) is 18.0 Å². The van der Waals surface area contributed by atoms with E-state index in [1.54, 1.807) is 0 Å². The summed E-state index contributed by atoms with van der Waals surface area (Å²) in [5.74, 6) is 0. The molecule has 0 aliphatic rings. The summed E-state index contributed by atoms with van der Waals surface area (Å²) in [6.45, 7) is -1.53. The monoisotopic (exact) mass is 226 g/mol. The molecule has 0 rings (SSSR count). The van der Waals surface area contributed by atoms with Crippen molar-refractivity contribution in [2.75, 3.05) is 13.8 Å². The third-order valence-electron chi connectivity index (χ3n) is 0.277. The van der Waals surface area contributed by atoms with Crippen LogP contribution >= 0.6 is 0 Å². The Hall–Kier alpha value is -0.810. The largest absolute Gasteiger partial charge is 0.495 e. The van der Waals surface area contributed by atoms with Crippen LogP contribution in [0.15, 0.2) is 0 Å². The number of carbonyl (C=O) groups is 1. The molecule has 0 bridgehead atoms. The summed E-state index contributed by atoms with van der Waals surface area (Å²) < 4.78 is 45.2. The van der Waals surface area contributed by atoms with Gasteiger partial charge in [-0.15, -0.1) is 4.39 Å². The Balaban J connectivity index is -0.0000000178. The minimum atomic E-state index is -2.78. The van der Waals surface area contributed by atoms with Crippen molar-refractivity contribution in [2.24, 2.45) is 0 Å². The third kappa shape index (κ3) is 114. The second-order valence-corrected chi connectivity index (χ2v) is 0.987. The van der Waals surface area contributed by atoms with Crippen molar-refractivity contribution >= 4 is 6.22 Å². The summed E-state index contributed by atoms with van der Waals surface area (Å²) in [7, 11) is 0.975. The molecule has 0 N–H and O–H groups in total. The maximum absolute atomic E-state index is 10.6. The standard InChI is InChI=1S/C2H3F3.C2H3FO2.4CH4/c3-1-2(4)5;1-5-2(3)4;;;;/h2H,1H2;1H3;4*1H4. The van der Waals surface area contributed by atoms with Crippen LogP contribution in [0, 0.1) is 0 Å². The average molecular weight is 226 g/mol. The molecule has 0 unspecified atom stereocenters. The molecular formula is C8H22F4O2. The van der Waals surface area contributed by atoms with Gasteiger partial charge in [0.2, 0.25) is 0 Å². The minimum absolute atomic E-state index is 0. The molecule has 0 fully saturated rings. The number of hydrogen-bond donors (Lipinski definition) is 0. The Bertz CT molecular complexity index is 89.4. The summed E-state index contributed by atoms with van der Waals surface area (Å²) >= 11 is 0. The fourth-order valence-electron chi connectivity index (χ4n) is 0. The number of carbonyl (C=O) groups excluding carboxylic acids is 1. The molecule has 0 aromatic rings. The zero-order valence-corrected chi connectivity index (χ0v) is 5.11. The minimum Gasteiger partial charge on any atom is -0.444 e. The Morgan fingerprint density at radius 2 is 1.36 bits per heavy atom. The third-order valence-corrected chi connectivity index (χ3v) is 0.277. The zero-order chi connectivity index (χ0) is 8.57. The quantitative estimate of drug-likeness (QED) is 0.486. The fraction of sp³-hybridized carbons (Fsp3) is 0.875. The number of hydrogen-bond acceptors (Lipinski definition) is 2. The van der Waals surface area contributed by atoms with E-state index in [-0.39, 0.29) is 29.7 Å². The lowest BCUT2D eigenvalue weighted by Crippen LogP contribution is -1.88. The lowest BCUT2D eigenvalue weighted by molar-refractivity contribution is 0.113. The van der Waals surface area contributed by atoms with E-state index >= 15 is 0 Å². The van der Waals surface area contributed by atoms with Gasteiger partial charge >= 0.3 is 6.22 Å². The summed E-state index contributed by atoms with van der Waals surface area (Å²) in [5, 5.41) is 0. The molecular weight excluding hydrogens is 204 g/mol. The Morgan fingerprint density at radius 3 is 1.36 bits per heavy atom. The first kappa shape index (κ1) is 37.9. The van der Waals surface area contributed by atoms with Gasteiger partial charge in [0.1, 0.15) is 0 Å². The molecule has 0 aromatic carbocycles. The van der Waals surface area contributed by atoms with Crippen LogP contribution in [-0.2, 0) is 4.74 Å². The first-order chi connectivity index (χ1) is 4.54. The van der Waals surface area contributed by atoms with Crippen molar-refractivity contribution < 1.29 is 27.1 Å². The SMILES string of the molecule is C.C.C.C.COC(=O)F.FCC(F)F. The molecule has 0 saturated heterocycles. The maximum atomic E-state index is 10.6. The number of ether oxygens (including phenoxy) is 1. The van der Waals surface area contributed by atoms with Crippen LogP contribution in [0.2, 0.25) is 0 Å². The highest BCUT2D eigenvalue weighted by Crippen LogP contribution is 1.88. The van der Waals surface area contributed by atoms with Gasteiger partial charge in [0.15, 0.2) is 6.67 Å². The molecule has 6 heteroatoms. The van der Waals surface area contributed by atoms with Crippen molar-refractivity contribution in [3.05, 3.63) is 0 Å². The molecule has 0 saturated carbocycles. The number of alkyl halides is 3. The van der Waals surface area contributed by atoms with Crippen LogP contribution in [-0.4, -0.2) is 26.4 Å². The summed E-state index contributed by atoms with van der Waals surface area (Å²) in [6, 6.07) is 0.